The first-order chi connectivity index (χ1) is 15.4. The van der Waals surface area contributed by atoms with Gasteiger partial charge in [0.05, 0.1) is 0 Å². The maximum absolute atomic E-state index is 13.0. The molecule has 176 valence electrons. The van der Waals surface area contributed by atoms with Gasteiger partial charge in [-0.15, -0.1) is 0 Å². The molecule has 3 atom stereocenters. The topological polar surface area (TPSA) is 75.9 Å². The number of piperidine rings is 1. The van der Waals surface area contributed by atoms with Crippen LogP contribution in [0.3, 0.4) is 0 Å². The summed E-state index contributed by atoms with van der Waals surface area (Å²) in [7, 11) is 0. The van der Waals surface area contributed by atoms with Crippen LogP contribution in [-0.4, -0.2) is 44.1 Å². The van der Waals surface area contributed by atoms with E-state index in [-0.39, 0.29) is 18.0 Å². The Hall–Kier alpha value is -2.44. The molecular weight excluding hydrogens is 400 g/mol. The van der Waals surface area contributed by atoms with Crippen LogP contribution in [0.15, 0.2) is 18.7 Å². The fourth-order valence-electron chi connectivity index (χ4n) is 4.65. The third-order valence-electron chi connectivity index (χ3n) is 6.84. The molecule has 1 saturated heterocycles. The van der Waals surface area contributed by atoms with Gasteiger partial charge < -0.3 is 10.2 Å². The molecule has 0 spiro atoms. The summed E-state index contributed by atoms with van der Waals surface area (Å²) in [6.07, 6.45) is 13.6. The quantitative estimate of drug-likeness (QED) is 0.584. The summed E-state index contributed by atoms with van der Waals surface area (Å²) in [6.45, 7) is 11.7. The Morgan fingerprint density at radius 1 is 1.25 bits per heavy atom. The first kappa shape index (κ1) is 24.2. The number of unbranched alkanes of at least 4 members (excludes halogenated alkanes) is 1. The Balaban J connectivity index is 1.78. The molecule has 3 rings (SSSR count). The van der Waals surface area contributed by atoms with Gasteiger partial charge >= 0.3 is 0 Å². The number of nitrogens with one attached hydrogen (secondary N) is 1. The lowest BCUT2D eigenvalue weighted by molar-refractivity contribution is -0.122. The molecule has 1 fully saturated rings. The van der Waals surface area contributed by atoms with Crippen molar-refractivity contribution in [2.75, 3.05) is 11.4 Å². The highest BCUT2D eigenvalue weighted by molar-refractivity contribution is 5.77. The van der Waals surface area contributed by atoms with Crippen molar-refractivity contribution in [3.8, 4) is 5.95 Å². The average molecular weight is 441 g/mol. The highest BCUT2D eigenvalue weighted by Crippen LogP contribution is 2.30. The van der Waals surface area contributed by atoms with E-state index in [1.165, 1.54) is 18.4 Å². The van der Waals surface area contributed by atoms with Crippen molar-refractivity contribution in [3.05, 3.63) is 30.0 Å². The smallest absolute Gasteiger partial charge is 0.237 e. The second-order valence-corrected chi connectivity index (χ2v) is 9.26. The van der Waals surface area contributed by atoms with Gasteiger partial charge in [0.1, 0.15) is 12.1 Å². The maximum Gasteiger partial charge on any atom is 0.237 e. The van der Waals surface area contributed by atoms with Crippen molar-refractivity contribution >= 4 is 11.7 Å². The van der Waals surface area contributed by atoms with Gasteiger partial charge in [0.15, 0.2) is 0 Å². The van der Waals surface area contributed by atoms with E-state index < -0.39 is 0 Å². The van der Waals surface area contributed by atoms with Crippen LogP contribution in [0.4, 0.5) is 5.82 Å². The van der Waals surface area contributed by atoms with E-state index >= 15 is 0 Å². The molecule has 32 heavy (non-hydrogen) atoms. The van der Waals surface area contributed by atoms with Crippen molar-refractivity contribution in [2.45, 2.75) is 98.1 Å². The van der Waals surface area contributed by atoms with E-state index in [2.05, 4.69) is 49.8 Å². The van der Waals surface area contributed by atoms with E-state index in [1.807, 2.05) is 10.8 Å². The molecule has 2 aromatic heterocycles. The van der Waals surface area contributed by atoms with Crippen LogP contribution in [0.1, 0.15) is 83.9 Å². The summed E-state index contributed by atoms with van der Waals surface area (Å²) in [4.78, 5) is 29.2. The fourth-order valence-corrected chi connectivity index (χ4v) is 4.65. The molecule has 0 bridgehead atoms. The summed E-state index contributed by atoms with van der Waals surface area (Å²) >= 11 is 0. The van der Waals surface area contributed by atoms with E-state index in [4.69, 9.17) is 9.97 Å². The summed E-state index contributed by atoms with van der Waals surface area (Å²) in [6, 6.07) is 0.364. The molecule has 1 N–H and O–H groups in total. The fraction of sp³-hybridized carbons (Fsp3) is 0.680. The molecule has 1 amide bonds. The van der Waals surface area contributed by atoms with Gasteiger partial charge in [0, 0.05) is 48.7 Å². The molecule has 1 aliphatic heterocycles. The molecule has 2 aromatic rings. The molecule has 0 aliphatic carbocycles. The number of nitrogens with zero attached hydrogens (tertiary/aromatic N) is 5. The number of carbonyl (C=O) groups excluding carboxylic acids is 1. The predicted octanol–water partition coefficient (Wildman–Crippen LogP) is 4.61. The Morgan fingerprint density at radius 3 is 2.75 bits per heavy atom. The van der Waals surface area contributed by atoms with Crippen LogP contribution >= 0.6 is 0 Å². The van der Waals surface area contributed by atoms with E-state index in [0.717, 1.165) is 50.2 Å². The number of hydrogen-bond acceptors (Lipinski definition) is 5. The first-order valence-corrected chi connectivity index (χ1v) is 12.4. The van der Waals surface area contributed by atoms with Gasteiger partial charge in [-0.05, 0) is 51.9 Å². The minimum atomic E-state index is 0.149. The van der Waals surface area contributed by atoms with Crippen molar-refractivity contribution in [1.82, 2.24) is 24.8 Å². The lowest BCUT2D eigenvalue weighted by Crippen LogP contribution is -2.46. The molecule has 0 radical (unpaired) electrons. The van der Waals surface area contributed by atoms with Gasteiger partial charge in [0.2, 0.25) is 11.9 Å². The van der Waals surface area contributed by atoms with Crippen LogP contribution in [0.25, 0.3) is 5.95 Å². The van der Waals surface area contributed by atoms with Crippen LogP contribution in [0.5, 0.6) is 0 Å². The molecule has 0 aromatic carbocycles. The molecule has 3 heterocycles. The molecule has 7 heteroatoms. The number of anilines is 1. The first-order valence-electron chi connectivity index (χ1n) is 12.4. The molecule has 0 saturated carbocycles. The number of amides is 1. The van der Waals surface area contributed by atoms with Crippen LogP contribution in [0.2, 0.25) is 0 Å². The Morgan fingerprint density at radius 2 is 2.06 bits per heavy atom. The third-order valence-corrected chi connectivity index (χ3v) is 6.84. The Labute approximate surface area is 193 Å². The van der Waals surface area contributed by atoms with E-state index in [9.17, 15) is 4.79 Å². The zero-order chi connectivity index (χ0) is 23.1. The van der Waals surface area contributed by atoms with Crippen molar-refractivity contribution in [2.24, 2.45) is 5.92 Å². The lowest BCUT2D eigenvalue weighted by atomic mass is 9.95. The standard InChI is InChI=1S/C25H40N6O/c1-6-8-11-18(3)19(4)27-23(32)16-21-12-9-10-14-31(21)24-22(7-2)20(5)28-25(29-24)30-15-13-26-17-30/h13,15,17-19,21H,6-12,14,16H2,1-5H3,(H,27,32). The van der Waals surface area contributed by atoms with Crippen LogP contribution in [0, 0.1) is 12.8 Å². The number of rotatable bonds is 10. The summed E-state index contributed by atoms with van der Waals surface area (Å²) in [5, 5.41) is 3.27. The number of aryl methyl sites for hydroxylation is 1. The summed E-state index contributed by atoms with van der Waals surface area (Å²) < 4.78 is 1.85. The second-order valence-electron chi connectivity index (χ2n) is 9.26. The average Bonchev–Trinajstić information content (AvgIpc) is 3.32. The number of carbonyl (C=O) groups is 1. The van der Waals surface area contributed by atoms with Gasteiger partial charge in [-0.2, -0.15) is 4.98 Å². The third kappa shape index (κ3) is 5.87. The number of hydrogen-bond donors (Lipinski definition) is 1. The van der Waals surface area contributed by atoms with Gasteiger partial charge in [-0.1, -0.05) is 33.6 Å². The lowest BCUT2D eigenvalue weighted by Gasteiger charge is -2.38. The minimum absolute atomic E-state index is 0.149. The van der Waals surface area contributed by atoms with Crippen LogP contribution in [-0.2, 0) is 11.2 Å². The zero-order valence-electron chi connectivity index (χ0n) is 20.5. The van der Waals surface area contributed by atoms with E-state index in [1.54, 1.807) is 12.5 Å². The second kappa shape index (κ2) is 11.4. The summed E-state index contributed by atoms with van der Waals surface area (Å²) in [5.74, 6) is 2.26. The van der Waals surface area contributed by atoms with Gasteiger partial charge in [-0.25, -0.2) is 9.97 Å². The SMILES string of the molecule is CCCCC(C)C(C)NC(=O)CC1CCCCN1c1nc(-n2ccnc2)nc(C)c1CC. The Kier molecular flexibility index (Phi) is 8.65. The molecular formula is C25H40N6O. The van der Waals surface area contributed by atoms with Crippen molar-refractivity contribution in [1.29, 1.82) is 0 Å². The zero-order valence-corrected chi connectivity index (χ0v) is 20.5. The monoisotopic (exact) mass is 440 g/mol. The number of aromatic nitrogens is 4. The Bertz CT molecular complexity index is 866. The largest absolute Gasteiger partial charge is 0.353 e. The van der Waals surface area contributed by atoms with E-state index in [0.29, 0.717) is 18.3 Å². The number of imidazole rings is 1. The summed E-state index contributed by atoms with van der Waals surface area (Å²) in [5.41, 5.74) is 2.16. The highest BCUT2D eigenvalue weighted by atomic mass is 16.1. The minimum Gasteiger partial charge on any atom is -0.353 e. The molecule has 1 aliphatic rings. The predicted molar refractivity (Wildman–Crippen MR) is 129 cm³/mol. The van der Waals surface area contributed by atoms with Gasteiger partial charge in [-0.3, -0.25) is 9.36 Å². The van der Waals surface area contributed by atoms with Crippen LogP contribution < -0.4 is 10.2 Å². The highest BCUT2D eigenvalue weighted by Gasteiger charge is 2.29. The normalized spacial score (nSPS) is 18.4. The molecule has 3 unspecified atom stereocenters. The molecule has 7 nitrogen and oxygen atoms in total. The van der Waals surface area contributed by atoms with Crippen molar-refractivity contribution < 1.29 is 4.79 Å². The van der Waals surface area contributed by atoms with Crippen molar-refractivity contribution in [3.63, 3.8) is 0 Å². The van der Waals surface area contributed by atoms with Gasteiger partial charge in [0.25, 0.3) is 0 Å². The maximum atomic E-state index is 13.0.